The lowest BCUT2D eigenvalue weighted by Crippen LogP contribution is -2.58. The van der Waals surface area contributed by atoms with Crippen LogP contribution in [-0.2, 0) is 19.1 Å². The predicted molar refractivity (Wildman–Crippen MR) is 159 cm³/mol. The van der Waals surface area contributed by atoms with Crippen molar-refractivity contribution in [2.75, 3.05) is 49.1 Å². The summed E-state index contributed by atoms with van der Waals surface area (Å²) < 4.78 is 6.98. The van der Waals surface area contributed by atoms with Gasteiger partial charge >= 0.3 is 0 Å². The van der Waals surface area contributed by atoms with E-state index in [0.717, 1.165) is 30.9 Å². The van der Waals surface area contributed by atoms with Crippen molar-refractivity contribution in [2.24, 2.45) is 11.8 Å². The van der Waals surface area contributed by atoms with Gasteiger partial charge in [-0.1, -0.05) is 38.2 Å². The first-order chi connectivity index (χ1) is 19.7. The second kappa shape index (κ2) is 11.2. The number of hydrogen-bond donors (Lipinski definition) is 1. The molecule has 6 atom stereocenters. The molecule has 3 amide bonds. The molecule has 4 aliphatic rings. The van der Waals surface area contributed by atoms with Crippen LogP contribution in [0.1, 0.15) is 47.5 Å². The fourth-order valence-electron chi connectivity index (χ4n) is 7.45. The summed E-state index contributed by atoms with van der Waals surface area (Å²) in [6, 6.07) is 6.26. The van der Waals surface area contributed by atoms with Gasteiger partial charge in [-0.05, 0) is 57.9 Å². The summed E-state index contributed by atoms with van der Waals surface area (Å²) in [4.78, 5) is 50.3. The van der Waals surface area contributed by atoms with E-state index >= 15 is 0 Å². The molecule has 0 saturated carbocycles. The Balaban J connectivity index is 1.61. The number of aliphatic hydroxyl groups is 1. The first kappa shape index (κ1) is 29.3. The first-order valence-electron chi connectivity index (χ1n) is 15.2. The Morgan fingerprint density at radius 1 is 0.951 bits per heavy atom. The third kappa shape index (κ3) is 4.39. The van der Waals surface area contributed by atoms with E-state index in [4.69, 9.17) is 4.74 Å². The van der Waals surface area contributed by atoms with Crippen molar-refractivity contribution >= 4 is 29.1 Å². The summed E-state index contributed by atoms with van der Waals surface area (Å²) in [5, 5.41) is 10.2. The molecule has 0 bridgehead atoms. The number of likely N-dealkylation sites (tertiary alicyclic amines) is 1. The zero-order chi connectivity index (χ0) is 29.5. The second-order valence-corrected chi connectivity index (χ2v) is 11.6. The summed E-state index contributed by atoms with van der Waals surface area (Å²) in [5.41, 5.74) is -0.533. The van der Waals surface area contributed by atoms with E-state index in [2.05, 4.69) is 18.7 Å². The van der Waals surface area contributed by atoms with Crippen LogP contribution in [0.4, 0.5) is 11.4 Å². The van der Waals surface area contributed by atoms with Gasteiger partial charge in [0, 0.05) is 44.1 Å². The molecule has 222 valence electrons. The number of carbonyl (C=O) groups excluding carboxylic acids is 3. The minimum Gasteiger partial charge on any atom is -0.394 e. The van der Waals surface area contributed by atoms with Crippen LogP contribution in [0, 0.1) is 11.8 Å². The van der Waals surface area contributed by atoms with Crippen molar-refractivity contribution in [1.29, 1.82) is 0 Å². The molecule has 1 aromatic carbocycles. The van der Waals surface area contributed by atoms with Gasteiger partial charge in [-0.2, -0.15) is 0 Å². The van der Waals surface area contributed by atoms with E-state index < -0.39 is 35.1 Å². The molecule has 0 aliphatic carbocycles. The van der Waals surface area contributed by atoms with Gasteiger partial charge in [0.15, 0.2) is 0 Å². The van der Waals surface area contributed by atoms with Crippen LogP contribution in [0.2, 0.25) is 0 Å². The zero-order valence-corrected chi connectivity index (χ0v) is 25.0. The average Bonchev–Trinajstić information content (AvgIpc) is 3.29. The number of amides is 3. The number of fused-ring (bicyclic) bond motifs is 2. The highest BCUT2D eigenvalue weighted by atomic mass is 16.5. The Morgan fingerprint density at radius 2 is 1.63 bits per heavy atom. The highest BCUT2D eigenvalue weighted by Crippen LogP contribution is 2.59. The monoisotopic (exact) mass is 564 g/mol. The van der Waals surface area contributed by atoms with Crippen LogP contribution in [0.15, 0.2) is 48.6 Å². The average molecular weight is 565 g/mol. The molecule has 4 aliphatic heterocycles. The number of hydrogen-bond acceptors (Lipinski definition) is 6. The molecule has 1 N–H and O–H groups in total. The van der Waals surface area contributed by atoms with Gasteiger partial charge in [0.05, 0.1) is 30.1 Å². The van der Waals surface area contributed by atoms with Crippen LogP contribution in [-0.4, -0.2) is 95.2 Å². The summed E-state index contributed by atoms with van der Waals surface area (Å²) in [6.45, 7) is 12.8. The van der Waals surface area contributed by atoms with Gasteiger partial charge in [-0.3, -0.25) is 14.4 Å². The lowest BCUT2D eigenvalue weighted by molar-refractivity contribution is -0.152. The van der Waals surface area contributed by atoms with E-state index in [1.807, 2.05) is 62.4 Å². The maximum Gasteiger partial charge on any atom is 0.253 e. The quantitative estimate of drug-likeness (QED) is 0.464. The lowest BCUT2D eigenvalue weighted by atomic mass is 9.73. The highest BCUT2D eigenvalue weighted by molar-refractivity contribution is 6.06. The Labute approximate surface area is 243 Å². The molecule has 1 aromatic rings. The Bertz CT molecular complexity index is 1230. The Kier molecular flexibility index (Phi) is 8.05. The van der Waals surface area contributed by atoms with E-state index in [1.54, 1.807) is 16.7 Å². The van der Waals surface area contributed by atoms with E-state index in [0.29, 0.717) is 26.1 Å². The molecule has 2 saturated heterocycles. The lowest BCUT2D eigenvalue weighted by Gasteiger charge is -2.40. The molecule has 9 heteroatoms. The van der Waals surface area contributed by atoms with Crippen LogP contribution in [0.3, 0.4) is 0 Å². The fraction of sp³-hybridized carbons (Fsp3) is 0.594. The molecule has 41 heavy (non-hydrogen) atoms. The number of nitrogens with zero attached hydrogens (tertiary/aromatic N) is 4. The van der Waals surface area contributed by atoms with Gasteiger partial charge in [-0.25, -0.2) is 0 Å². The smallest absolute Gasteiger partial charge is 0.253 e. The third-order valence-electron chi connectivity index (χ3n) is 9.48. The molecule has 1 unspecified atom stereocenters. The minimum absolute atomic E-state index is 0.111. The Morgan fingerprint density at radius 3 is 2.24 bits per heavy atom. The maximum atomic E-state index is 14.6. The van der Waals surface area contributed by atoms with Crippen molar-refractivity contribution < 1.29 is 24.2 Å². The molecule has 0 radical (unpaired) electrons. The Hall–Kier alpha value is -3.17. The second-order valence-electron chi connectivity index (χ2n) is 11.6. The topological polar surface area (TPSA) is 93.6 Å². The fourth-order valence-corrected chi connectivity index (χ4v) is 7.45. The van der Waals surface area contributed by atoms with Crippen LogP contribution in [0.5, 0.6) is 0 Å². The normalized spacial score (nSPS) is 31.6. The van der Waals surface area contributed by atoms with Crippen molar-refractivity contribution in [1.82, 2.24) is 9.80 Å². The molecular formula is C32H44N4O5. The standard InChI is InChI=1S/C32H44N4O5/c1-6-18-34-19-10-16-31(7-2)25(28(34)38)26-29(39)36(22(5)21-37)27-30(40)35(20-11-17-32(26,27)41-31)24-14-12-23(13-15-24)33(8-3)9-4/h10-17,22,25-27,37H,6-9,18-21H2,1-5H3/t22-,25-,26+,27?,31+,32+/m1/s1. The van der Waals surface area contributed by atoms with E-state index in [9.17, 15) is 19.5 Å². The number of ether oxygens (including phenoxy) is 1. The molecule has 1 spiro atoms. The molecule has 4 heterocycles. The molecule has 2 fully saturated rings. The van der Waals surface area contributed by atoms with Gasteiger partial charge in [-0.15, -0.1) is 0 Å². The van der Waals surface area contributed by atoms with Crippen LogP contribution in [0.25, 0.3) is 0 Å². The van der Waals surface area contributed by atoms with Gasteiger partial charge in [0.2, 0.25) is 11.8 Å². The summed E-state index contributed by atoms with van der Waals surface area (Å²) in [7, 11) is 0. The molecule has 0 aromatic heterocycles. The maximum absolute atomic E-state index is 14.6. The van der Waals surface area contributed by atoms with E-state index in [1.165, 1.54) is 4.90 Å². The highest BCUT2D eigenvalue weighted by Gasteiger charge is 2.75. The largest absolute Gasteiger partial charge is 0.394 e. The molecule has 5 rings (SSSR count). The number of aliphatic hydroxyl groups excluding tert-OH is 1. The third-order valence-corrected chi connectivity index (χ3v) is 9.48. The van der Waals surface area contributed by atoms with Crippen molar-refractivity contribution in [3.63, 3.8) is 0 Å². The predicted octanol–water partition coefficient (Wildman–Crippen LogP) is 2.99. The van der Waals surface area contributed by atoms with Gasteiger partial charge < -0.3 is 29.4 Å². The number of carbonyl (C=O) groups is 3. The SMILES string of the molecule is CCCN1CC=C[C@]2(CC)O[C@]34C=CCN(c5ccc(N(CC)CC)cc5)C(=O)C3N([C@H](C)CO)C(=O)[C@@H]4[C@@H]2C1=O. The summed E-state index contributed by atoms with van der Waals surface area (Å²) in [6.07, 6.45) is 8.97. The number of benzene rings is 1. The van der Waals surface area contributed by atoms with Gasteiger partial charge in [0.1, 0.15) is 11.6 Å². The van der Waals surface area contributed by atoms with Gasteiger partial charge in [0.25, 0.3) is 5.91 Å². The van der Waals surface area contributed by atoms with Crippen LogP contribution >= 0.6 is 0 Å². The number of rotatable bonds is 9. The summed E-state index contributed by atoms with van der Waals surface area (Å²) >= 11 is 0. The van der Waals surface area contributed by atoms with Crippen molar-refractivity contribution in [3.05, 3.63) is 48.6 Å². The van der Waals surface area contributed by atoms with Crippen molar-refractivity contribution in [2.45, 2.75) is 70.7 Å². The first-order valence-corrected chi connectivity index (χ1v) is 15.2. The van der Waals surface area contributed by atoms with E-state index in [-0.39, 0.29) is 24.3 Å². The van der Waals surface area contributed by atoms with Crippen LogP contribution < -0.4 is 9.80 Å². The summed E-state index contributed by atoms with van der Waals surface area (Å²) in [5.74, 6) is -2.33. The van der Waals surface area contributed by atoms with Crippen molar-refractivity contribution in [3.8, 4) is 0 Å². The molecule has 9 nitrogen and oxygen atoms in total. The molecular weight excluding hydrogens is 520 g/mol. The zero-order valence-electron chi connectivity index (χ0n) is 25.0. The number of anilines is 2. The minimum atomic E-state index is -1.33.